The fraction of sp³-hybridized carbons (Fsp3) is 0.409. The topological polar surface area (TPSA) is 54.7 Å². The van der Waals surface area contributed by atoms with Crippen LogP contribution in [0, 0.1) is 0 Å². The van der Waals surface area contributed by atoms with Gasteiger partial charge in [-0.15, -0.1) is 0 Å². The van der Waals surface area contributed by atoms with Crippen LogP contribution in [0.5, 0.6) is 0 Å². The fourth-order valence-electron chi connectivity index (χ4n) is 4.02. The summed E-state index contributed by atoms with van der Waals surface area (Å²) < 4.78 is 7.70. The van der Waals surface area contributed by atoms with Crippen LogP contribution in [0.1, 0.15) is 33.2 Å². The summed E-state index contributed by atoms with van der Waals surface area (Å²) in [7, 11) is 0. The molecule has 1 amide bonds. The first-order valence-electron chi connectivity index (χ1n) is 9.49. The largest absolute Gasteiger partial charge is 0.444 e. The van der Waals surface area contributed by atoms with Crippen LogP contribution < -0.4 is 0 Å². The molecule has 4 rings (SSSR count). The van der Waals surface area contributed by atoms with Gasteiger partial charge in [0.25, 0.3) is 0 Å². The second kappa shape index (κ2) is 6.57. The molecule has 1 saturated heterocycles. The van der Waals surface area contributed by atoms with Crippen molar-refractivity contribution in [3.63, 3.8) is 0 Å². The number of fused-ring (bicyclic) bond motifs is 3. The maximum atomic E-state index is 12.4. The van der Waals surface area contributed by atoms with Gasteiger partial charge in [-0.05, 0) is 39.3 Å². The smallest absolute Gasteiger partial charge is 0.410 e. The molecule has 0 spiro atoms. The second-order valence-corrected chi connectivity index (χ2v) is 8.25. The minimum atomic E-state index is -0.648. The first kappa shape index (κ1) is 17.9. The Morgan fingerprint density at radius 2 is 1.59 bits per heavy atom. The maximum absolute atomic E-state index is 12.4. The number of ether oxygens (including phenoxy) is 1. The van der Waals surface area contributed by atoms with Crippen molar-refractivity contribution in [2.45, 2.75) is 44.9 Å². The molecule has 0 bridgehead atoms. The van der Waals surface area contributed by atoms with Gasteiger partial charge in [-0.25, -0.2) is 4.79 Å². The van der Waals surface area contributed by atoms with E-state index < -0.39 is 11.7 Å². The Labute approximate surface area is 159 Å². The molecule has 1 aliphatic rings. The van der Waals surface area contributed by atoms with Gasteiger partial charge in [0.1, 0.15) is 5.60 Å². The average Bonchev–Trinajstić information content (AvgIpc) is 2.95. The molecule has 3 aromatic rings. The van der Waals surface area contributed by atoms with Crippen molar-refractivity contribution >= 4 is 27.9 Å². The molecular weight excluding hydrogens is 340 g/mol. The molecule has 2 heterocycles. The molecule has 0 saturated carbocycles. The molecule has 27 heavy (non-hydrogen) atoms. The summed E-state index contributed by atoms with van der Waals surface area (Å²) in [5.74, 6) is 0. The number of hydrogen-bond donors (Lipinski definition) is 1. The molecule has 0 radical (unpaired) electrons. The van der Waals surface area contributed by atoms with Gasteiger partial charge < -0.3 is 19.3 Å². The molecule has 1 aliphatic heterocycles. The number of nitrogens with zero attached hydrogens (tertiary/aromatic N) is 2. The van der Waals surface area contributed by atoms with Crippen molar-refractivity contribution < 1.29 is 14.6 Å². The number of piperidine rings is 1. The Bertz CT molecular complexity index is 933. The van der Waals surface area contributed by atoms with Gasteiger partial charge in [0.05, 0.1) is 18.7 Å². The van der Waals surface area contributed by atoms with Crippen molar-refractivity contribution in [3.8, 4) is 0 Å². The highest BCUT2D eigenvalue weighted by atomic mass is 16.6. The number of para-hydroxylation sites is 2. The Morgan fingerprint density at radius 3 is 2.11 bits per heavy atom. The number of carbonyl (C=O) groups excluding carboxylic acids is 1. The van der Waals surface area contributed by atoms with Crippen LogP contribution in [-0.2, 0) is 4.74 Å². The summed E-state index contributed by atoms with van der Waals surface area (Å²) >= 11 is 0. The number of aromatic nitrogens is 1. The monoisotopic (exact) mass is 366 g/mol. The Hall–Kier alpha value is -2.53. The highest BCUT2D eigenvalue weighted by Crippen LogP contribution is 2.35. The van der Waals surface area contributed by atoms with E-state index in [2.05, 4.69) is 28.8 Å². The zero-order chi connectivity index (χ0) is 19.2. The van der Waals surface area contributed by atoms with Gasteiger partial charge in [-0.3, -0.25) is 0 Å². The molecule has 142 valence electrons. The van der Waals surface area contributed by atoms with E-state index in [4.69, 9.17) is 4.74 Å². The SMILES string of the molecule is CC(C)(C)OC(=O)N1CC[C@@H](n2c3ccccc3c3ccccc32)[C@H](O)C1. The fourth-order valence-corrected chi connectivity index (χ4v) is 4.02. The zero-order valence-electron chi connectivity index (χ0n) is 16.1. The van der Waals surface area contributed by atoms with Crippen LogP contribution in [0.25, 0.3) is 21.8 Å². The predicted molar refractivity (Wildman–Crippen MR) is 107 cm³/mol. The van der Waals surface area contributed by atoms with Crippen molar-refractivity contribution in [2.24, 2.45) is 0 Å². The van der Waals surface area contributed by atoms with E-state index in [1.807, 2.05) is 45.0 Å². The molecule has 0 unspecified atom stereocenters. The number of benzene rings is 2. The summed E-state index contributed by atoms with van der Waals surface area (Å²) in [5, 5.41) is 13.3. The number of hydrogen-bond acceptors (Lipinski definition) is 3. The number of aliphatic hydroxyl groups is 1. The minimum Gasteiger partial charge on any atom is -0.444 e. The van der Waals surface area contributed by atoms with Crippen LogP contribution in [0.15, 0.2) is 48.5 Å². The summed E-state index contributed by atoms with van der Waals surface area (Å²) in [6.45, 7) is 6.41. The molecule has 5 nitrogen and oxygen atoms in total. The first-order valence-corrected chi connectivity index (χ1v) is 9.49. The zero-order valence-corrected chi connectivity index (χ0v) is 16.1. The van der Waals surface area contributed by atoms with Crippen molar-refractivity contribution in [2.75, 3.05) is 13.1 Å². The van der Waals surface area contributed by atoms with Crippen LogP contribution in [0.2, 0.25) is 0 Å². The van der Waals surface area contributed by atoms with Crippen LogP contribution in [-0.4, -0.2) is 45.5 Å². The number of aliphatic hydroxyl groups excluding tert-OH is 1. The average molecular weight is 366 g/mol. The number of likely N-dealkylation sites (tertiary alicyclic amines) is 1. The quantitative estimate of drug-likeness (QED) is 0.697. The van der Waals surface area contributed by atoms with E-state index in [0.717, 1.165) is 11.0 Å². The predicted octanol–water partition coefficient (Wildman–Crippen LogP) is 4.34. The van der Waals surface area contributed by atoms with Gasteiger partial charge in [0.2, 0.25) is 0 Å². The van der Waals surface area contributed by atoms with Gasteiger partial charge in [0.15, 0.2) is 0 Å². The second-order valence-electron chi connectivity index (χ2n) is 8.25. The molecule has 1 fully saturated rings. The molecule has 2 aromatic carbocycles. The Balaban J connectivity index is 1.66. The third kappa shape index (κ3) is 3.28. The lowest BCUT2D eigenvalue weighted by Gasteiger charge is -2.37. The molecular formula is C22H26N2O3. The first-order chi connectivity index (χ1) is 12.8. The summed E-state index contributed by atoms with van der Waals surface area (Å²) in [5.41, 5.74) is 1.70. The van der Waals surface area contributed by atoms with Gasteiger partial charge in [-0.1, -0.05) is 36.4 Å². The van der Waals surface area contributed by atoms with E-state index >= 15 is 0 Å². The van der Waals surface area contributed by atoms with Crippen molar-refractivity contribution in [1.29, 1.82) is 0 Å². The molecule has 0 aliphatic carbocycles. The van der Waals surface area contributed by atoms with Crippen LogP contribution in [0.4, 0.5) is 4.79 Å². The van der Waals surface area contributed by atoms with E-state index in [0.29, 0.717) is 13.0 Å². The summed E-state index contributed by atoms with van der Waals surface area (Å²) in [6, 6.07) is 16.5. The van der Waals surface area contributed by atoms with Gasteiger partial charge >= 0.3 is 6.09 Å². The summed E-state index contributed by atoms with van der Waals surface area (Å²) in [6.07, 6.45) is -0.323. The number of rotatable bonds is 1. The third-order valence-corrected chi connectivity index (χ3v) is 5.15. The number of amides is 1. The van der Waals surface area contributed by atoms with E-state index in [1.54, 1.807) is 4.90 Å². The van der Waals surface area contributed by atoms with Gasteiger partial charge in [-0.2, -0.15) is 0 Å². The Morgan fingerprint density at radius 1 is 1.04 bits per heavy atom. The standard InChI is InChI=1S/C22H26N2O3/c1-22(2,3)27-21(26)23-13-12-19(20(25)14-23)24-17-10-6-4-8-15(17)16-9-5-7-11-18(16)24/h4-11,19-20,25H,12-14H2,1-3H3/t19-,20-/m1/s1. The highest BCUT2D eigenvalue weighted by molar-refractivity contribution is 6.08. The maximum Gasteiger partial charge on any atom is 0.410 e. The van der Waals surface area contributed by atoms with Crippen LogP contribution >= 0.6 is 0 Å². The summed E-state index contributed by atoms with van der Waals surface area (Å²) in [4.78, 5) is 14.0. The third-order valence-electron chi connectivity index (χ3n) is 5.15. The highest BCUT2D eigenvalue weighted by Gasteiger charge is 2.34. The van der Waals surface area contributed by atoms with Gasteiger partial charge in [0, 0.05) is 28.4 Å². The van der Waals surface area contributed by atoms with E-state index in [9.17, 15) is 9.90 Å². The molecule has 1 N–H and O–H groups in total. The van der Waals surface area contributed by atoms with Crippen molar-refractivity contribution in [3.05, 3.63) is 48.5 Å². The lowest BCUT2D eigenvalue weighted by Crippen LogP contribution is -2.48. The Kier molecular flexibility index (Phi) is 4.35. The molecule has 5 heteroatoms. The van der Waals surface area contributed by atoms with E-state index in [-0.39, 0.29) is 18.7 Å². The number of carbonyl (C=O) groups is 1. The lowest BCUT2D eigenvalue weighted by atomic mass is 10.0. The van der Waals surface area contributed by atoms with E-state index in [1.165, 1.54) is 10.8 Å². The lowest BCUT2D eigenvalue weighted by molar-refractivity contribution is -0.00880. The molecule has 1 aromatic heterocycles. The van der Waals surface area contributed by atoms with Crippen LogP contribution in [0.3, 0.4) is 0 Å². The minimum absolute atomic E-state index is 0.0755. The van der Waals surface area contributed by atoms with Crippen molar-refractivity contribution in [1.82, 2.24) is 9.47 Å². The normalized spacial score (nSPS) is 21.0. The molecule has 2 atom stereocenters. The number of β-amino-alcohol motifs (C(OH)–C–C–N with tert-alkyl or cyclic N) is 1.